The lowest BCUT2D eigenvalue weighted by Gasteiger charge is -2.25. The van der Waals surface area contributed by atoms with Crippen molar-refractivity contribution in [1.29, 1.82) is 0 Å². The Labute approximate surface area is 113 Å². The van der Waals surface area contributed by atoms with Crippen LogP contribution in [0.4, 0.5) is 0 Å². The smallest absolute Gasteiger partial charge is 0.0343 e. The fourth-order valence-corrected chi connectivity index (χ4v) is 2.17. The predicted molar refractivity (Wildman–Crippen MR) is 80.9 cm³/mol. The molecule has 0 aliphatic carbocycles. The molecule has 0 aliphatic heterocycles. The van der Waals surface area contributed by atoms with Crippen LogP contribution in [-0.2, 0) is 6.42 Å². The maximum Gasteiger partial charge on any atom is 0.0343 e. The first-order chi connectivity index (χ1) is 8.58. The van der Waals surface area contributed by atoms with Crippen molar-refractivity contribution < 1.29 is 0 Å². The minimum absolute atomic E-state index is 0.477. The van der Waals surface area contributed by atoms with Crippen LogP contribution in [0.25, 0.3) is 0 Å². The Kier molecular flexibility index (Phi) is 6.42. The molecule has 1 N–H and O–H groups in total. The van der Waals surface area contributed by atoms with E-state index in [1.54, 1.807) is 0 Å². The summed E-state index contributed by atoms with van der Waals surface area (Å²) in [7, 11) is 0. The Balaban J connectivity index is 2.71. The van der Waals surface area contributed by atoms with E-state index in [0.717, 1.165) is 18.9 Å². The first-order valence-electron chi connectivity index (χ1n) is 7.40. The van der Waals surface area contributed by atoms with E-state index in [1.165, 1.54) is 17.5 Å². The van der Waals surface area contributed by atoms with Crippen molar-refractivity contribution in [3.05, 3.63) is 35.4 Å². The maximum atomic E-state index is 3.72. The molecule has 0 fully saturated rings. The van der Waals surface area contributed by atoms with Gasteiger partial charge in [0.1, 0.15) is 0 Å². The zero-order chi connectivity index (χ0) is 13.5. The molecule has 0 spiro atoms. The quantitative estimate of drug-likeness (QED) is 0.743. The van der Waals surface area contributed by atoms with Crippen molar-refractivity contribution in [2.24, 2.45) is 11.8 Å². The fourth-order valence-electron chi connectivity index (χ4n) is 2.17. The molecule has 102 valence electrons. The number of benzene rings is 1. The first kappa shape index (κ1) is 15.2. The minimum Gasteiger partial charge on any atom is -0.309 e. The summed E-state index contributed by atoms with van der Waals surface area (Å²) in [4.78, 5) is 0. The Morgan fingerprint density at radius 1 is 1.00 bits per heavy atom. The molecule has 0 aliphatic rings. The van der Waals surface area contributed by atoms with Gasteiger partial charge >= 0.3 is 0 Å². The van der Waals surface area contributed by atoms with Gasteiger partial charge in [-0.1, -0.05) is 65.3 Å². The largest absolute Gasteiger partial charge is 0.309 e. The summed E-state index contributed by atoms with van der Waals surface area (Å²) in [5.74, 6) is 1.38. The number of hydrogen-bond acceptors (Lipinski definition) is 1. The molecule has 0 heterocycles. The van der Waals surface area contributed by atoms with Crippen LogP contribution >= 0.6 is 0 Å². The molecule has 1 aromatic carbocycles. The van der Waals surface area contributed by atoms with Gasteiger partial charge in [0.05, 0.1) is 0 Å². The summed E-state index contributed by atoms with van der Waals surface area (Å²) in [6.45, 7) is 12.5. The zero-order valence-corrected chi connectivity index (χ0v) is 12.7. The summed E-state index contributed by atoms with van der Waals surface area (Å²) >= 11 is 0. The number of rotatable bonds is 7. The average molecular weight is 247 g/mol. The number of hydrogen-bond donors (Lipinski definition) is 1. The monoisotopic (exact) mass is 247 g/mol. The average Bonchev–Trinajstić information content (AvgIpc) is 2.39. The van der Waals surface area contributed by atoms with E-state index in [1.807, 2.05) is 0 Å². The van der Waals surface area contributed by atoms with Crippen LogP contribution in [-0.4, -0.2) is 6.54 Å². The highest BCUT2D eigenvalue weighted by molar-refractivity contribution is 5.25. The van der Waals surface area contributed by atoms with Gasteiger partial charge < -0.3 is 5.32 Å². The van der Waals surface area contributed by atoms with Crippen LogP contribution in [0.3, 0.4) is 0 Å². The van der Waals surface area contributed by atoms with Gasteiger partial charge in [-0.25, -0.2) is 0 Å². The van der Waals surface area contributed by atoms with Crippen molar-refractivity contribution in [2.45, 2.75) is 53.5 Å². The van der Waals surface area contributed by atoms with Crippen LogP contribution in [0.15, 0.2) is 24.3 Å². The Morgan fingerprint density at radius 3 is 2.06 bits per heavy atom. The second-order valence-electron chi connectivity index (χ2n) is 5.74. The minimum atomic E-state index is 0.477. The molecule has 0 saturated heterocycles. The van der Waals surface area contributed by atoms with Gasteiger partial charge in [-0.2, -0.15) is 0 Å². The van der Waals surface area contributed by atoms with E-state index in [0.29, 0.717) is 12.0 Å². The fraction of sp³-hybridized carbons (Fsp3) is 0.647. The van der Waals surface area contributed by atoms with Crippen LogP contribution in [0, 0.1) is 11.8 Å². The highest BCUT2D eigenvalue weighted by Gasteiger charge is 2.15. The summed E-state index contributed by atoms with van der Waals surface area (Å²) in [6, 6.07) is 9.57. The second-order valence-corrected chi connectivity index (χ2v) is 5.74. The van der Waals surface area contributed by atoms with Gasteiger partial charge in [0.15, 0.2) is 0 Å². The third-order valence-electron chi connectivity index (χ3n) is 3.80. The summed E-state index contributed by atoms with van der Waals surface area (Å²) in [5.41, 5.74) is 2.84. The SMILES string of the molecule is CCc1ccc(C(NCC(C)CC)C(C)C)cc1. The Morgan fingerprint density at radius 2 is 1.61 bits per heavy atom. The zero-order valence-electron chi connectivity index (χ0n) is 12.7. The molecule has 1 heteroatoms. The summed E-state index contributed by atoms with van der Waals surface area (Å²) in [6.07, 6.45) is 2.36. The molecule has 2 atom stereocenters. The molecule has 0 aromatic heterocycles. The standard InChI is InChI=1S/C17H29N/c1-6-14(5)12-18-17(13(3)4)16-10-8-15(7-2)9-11-16/h8-11,13-14,17-18H,6-7,12H2,1-5H3. The van der Waals surface area contributed by atoms with E-state index in [9.17, 15) is 0 Å². The van der Waals surface area contributed by atoms with Crippen molar-refractivity contribution in [3.63, 3.8) is 0 Å². The van der Waals surface area contributed by atoms with Crippen molar-refractivity contribution >= 4 is 0 Å². The Hall–Kier alpha value is -0.820. The summed E-state index contributed by atoms with van der Waals surface area (Å²) < 4.78 is 0. The molecular formula is C17H29N. The van der Waals surface area contributed by atoms with E-state index >= 15 is 0 Å². The predicted octanol–water partition coefficient (Wildman–Crippen LogP) is 4.58. The van der Waals surface area contributed by atoms with Gasteiger partial charge in [-0.05, 0) is 35.9 Å². The summed E-state index contributed by atoms with van der Waals surface area (Å²) in [5, 5.41) is 3.72. The lowest BCUT2D eigenvalue weighted by Crippen LogP contribution is -2.29. The van der Waals surface area contributed by atoms with Crippen LogP contribution in [0.2, 0.25) is 0 Å². The van der Waals surface area contributed by atoms with Gasteiger partial charge in [-0.15, -0.1) is 0 Å². The van der Waals surface area contributed by atoms with E-state index in [4.69, 9.17) is 0 Å². The third-order valence-corrected chi connectivity index (χ3v) is 3.80. The Bertz CT molecular complexity index is 326. The molecule has 1 aromatic rings. The lowest BCUT2D eigenvalue weighted by atomic mass is 9.94. The topological polar surface area (TPSA) is 12.0 Å². The van der Waals surface area contributed by atoms with Gasteiger partial charge in [0, 0.05) is 6.04 Å². The van der Waals surface area contributed by atoms with Crippen LogP contribution < -0.4 is 5.32 Å². The molecule has 18 heavy (non-hydrogen) atoms. The first-order valence-corrected chi connectivity index (χ1v) is 7.40. The molecule has 2 unspecified atom stereocenters. The molecule has 0 amide bonds. The van der Waals surface area contributed by atoms with Crippen molar-refractivity contribution in [2.75, 3.05) is 6.54 Å². The van der Waals surface area contributed by atoms with E-state index in [-0.39, 0.29) is 0 Å². The van der Waals surface area contributed by atoms with Gasteiger partial charge in [0.25, 0.3) is 0 Å². The number of nitrogens with one attached hydrogen (secondary N) is 1. The van der Waals surface area contributed by atoms with Crippen molar-refractivity contribution in [1.82, 2.24) is 5.32 Å². The molecule has 0 saturated carbocycles. The molecule has 0 bridgehead atoms. The molecular weight excluding hydrogens is 218 g/mol. The normalized spacial score (nSPS) is 14.8. The van der Waals surface area contributed by atoms with E-state index in [2.05, 4.69) is 64.2 Å². The second kappa shape index (κ2) is 7.58. The maximum absolute atomic E-state index is 3.72. The molecule has 1 nitrogen and oxygen atoms in total. The molecule has 0 radical (unpaired) electrons. The highest BCUT2D eigenvalue weighted by atomic mass is 14.9. The lowest BCUT2D eigenvalue weighted by molar-refractivity contribution is 0.375. The van der Waals surface area contributed by atoms with Crippen LogP contribution in [0.1, 0.15) is 58.2 Å². The number of aryl methyl sites for hydroxylation is 1. The van der Waals surface area contributed by atoms with Crippen LogP contribution in [0.5, 0.6) is 0 Å². The molecule has 1 rings (SSSR count). The van der Waals surface area contributed by atoms with Gasteiger partial charge in [0.2, 0.25) is 0 Å². The third kappa shape index (κ3) is 4.45. The van der Waals surface area contributed by atoms with Crippen molar-refractivity contribution in [3.8, 4) is 0 Å². The highest BCUT2D eigenvalue weighted by Crippen LogP contribution is 2.22. The van der Waals surface area contributed by atoms with E-state index < -0.39 is 0 Å². The van der Waals surface area contributed by atoms with Gasteiger partial charge in [-0.3, -0.25) is 0 Å².